The van der Waals surface area contributed by atoms with Crippen LogP contribution < -0.4 is 9.47 Å². The Hall–Kier alpha value is -3.55. The van der Waals surface area contributed by atoms with E-state index in [2.05, 4.69) is 31.0 Å². The van der Waals surface area contributed by atoms with Gasteiger partial charge in [-0.25, -0.2) is 4.79 Å². The second-order valence-corrected chi connectivity index (χ2v) is 13.3. The van der Waals surface area contributed by atoms with Crippen LogP contribution in [0.4, 0.5) is 0 Å². The van der Waals surface area contributed by atoms with Crippen LogP contribution in [-0.2, 0) is 16.7 Å². The summed E-state index contributed by atoms with van der Waals surface area (Å²) in [7, 11) is 2.11. The molecule has 4 rings (SSSR count). The van der Waals surface area contributed by atoms with Crippen molar-refractivity contribution in [1.29, 1.82) is 0 Å². The standard InChI is InChI=1S/C38H43Cl2NO5/c1-37(2,3)46-36(43)28-18-22-31(23-19-28)45-26-29(42)25-44-30-20-16-27(17-21-30)11-10-24-41(5)38(4,32-12-6-8-14-34(32)39)33-13-7-9-15-35(33)40/h6-9,12-23,29,42H,10-11,24-26H2,1-5H3. The number of hydrogen-bond acceptors (Lipinski definition) is 6. The lowest BCUT2D eigenvalue weighted by Crippen LogP contribution is -2.43. The van der Waals surface area contributed by atoms with Crippen LogP contribution in [0.1, 0.15) is 61.2 Å². The second kappa shape index (κ2) is 15.8. The maximum atomic E-state index is 12.2. The van der Waals surface area contributed by atoms with Gasteiger partial charge < -0.3 is 19.3 Å². The fourth-order valence-electron chi connectivity index (χ4n) is 5.22. The van der Waals surface area contributed by atoms with Crippen LogP contribution in [-0.4, -0.2) is 54.5 Å². The zero-order valence-corrected chi connectivity index (χ0v) is 28.6. The number of hydrogen-bond donors (Lipinski definition) is 1. The van der Waals surface area contributed by atoms with Crippen LogP contribution in [0.15, 0.2) is 97.1 Å². The van der Waals surface area contributed by atoms with Gasteiger partial charge in [0.25, 0.3) is 0 Å². The van der Waals surface area contributed by atoms with Crippen molar-refractivity contribution < 1.29 is 24.1 Å². The Labute approximate surface area is 282 Å². The first kappa shape index (κ1) is 35.3. The summed E-state index contributed by atoms with van der Waals surface area (Å²) in [6.45, 7) is 8.60. The number of rotatable bonds is 14. The SMILES string of the molecule is CN(CCCc1ccc(OCC(O)COc2ccc(C(=O)OC(C)(C)C)cc2)cc1)C(C)(c1ccccc1Cl)c1ccccc1Cl. The molecule has 0 aliphatic heterocycles. The Morgan fingerprint density at radius 3 is 1.72 bits per heavy atom. The number of carbonyl (C=O) groups is 1. The molecule has 0 fully saturated rings. The molecule has 244 valence electrons. The molecule has 0 saturated heterocycles. The molecule has 4 aromatic rings. The predicted octanol–water partition coefficient (Wildman–Crippen LogP) is 8.60. The molecule has 0 aliphatic carbocycles. The fourth-order valence-corrected chi connectivity index (χ4v) is 5.86. The van der Waals surface area contributed by atoms with E-state index in [4.69, 9.17) is 37.4 Å². The molecule has 0 bridgehead atoms. The first-order chi connectivity index (χ1) is 21.9. The quantitative estimate of drug-likeness (QED) is 0.136. The molecule has 0 amide bonds. The molecule has 46 heavy (non-hydrogen) atoms. The third-order valence-corrected chi connectivity index (χ3v) is 8.48. The van der Waals surface area contributed by atoms with Gasteiger partial charge in [-0.2, -0.15) is 0 Å². The van der Waals surface area contributed by atoms with Crippen LogP contribution in [0.5, 0.6) is 11.5 Å². The lowest BCUT2D eigenvalue weighted by molar-refractivity contribution is 0.00693. The summed E-state index contributed by atoms with van der Waals surface area (Å²) in [4.78, 5) is 14.5. The fraction of sp³-hybridized carbons (Fsp3) is 0.342. The molecule has 8 heteroatoms. The highest BCUT2D eigenvalue weighted by Gasteiger charge is 2.36. The van der Waals surface area contributed by atoms with E-state index in [1.807, 2.05) is 81.4 Å². The molecule has 0 aromatic heterocycles. The molecule has 0 aliphatic rings. The van der Waals surface area contributed by atoms with Crippen molar-refractivity contribution in [3.63, 3.8) is 0 Å². The van der Waals surface area contributed by atoms with Crippen molar-refractivity contribution in [1.82, 2.24) is 4.90 Å². The first-order valence-corrected chi connectivity index (χ1v) is 16.2. The van der Waals surface area contributed by atoms with E-state index in [9.17, 15) is 9.90 Å². The molecule has 1 unspecified atom stereocenters. The highest BCUT2D eigenvalue weighted by molar-refractivity contribution is 6.32. The summed E-state index contributed by atoms with van der Waals surface area (Å²) in [6, 6.07) is 30.4. The zero-order chi connectivity index (χ0) is 33.3. The number of ether oxygens (including phenoxy) is 3. The first-order valence-electron chi connectivity index (χ1n) is 15.4. The molecule has 0 saturated carbocycles. The Kier molecular flexibility index (Phi) is 12.2. The highest BCUT2D eigenvalue weighted by atomic mass is 35.5. The molecule has 6 nitrogen and oxygen atoms in total. The van der Waals surface area contributed by atoms with Gasteiger partial charge in [0.05, 0.1) is 11.1 Å². The van der Waals surface area contributed by atoms with Gasteiger partial charge >= 0.3 is 5.97 Å². The van der Waals surface area contributed by atoms with Crippen molar-refractivity contribution in [2.45, 2.75) is 57.8 Å². The molecule has 1 N–H and O–H groups in total. The number of carbonyl (C=O) groups excluding carboxylic acids is 1. The number of benzene rings is 4. The largest absolute Gasteiger partial charge is 0.491 e. The van der Waals surface area contributed by atoms with E-state index in [1.165, 1.54) is 5.56 Å². The highest BCUT2D eigenvalue weighted by Crippen LogP contribution is 2.41. The molecule has 4 aromatic carbocycles. The van der Waals surface area contributed by atoms with Gasteiger partial charge in [0.2, 0.25) is 0 Å². The number of esters is 1. The maximum absolute atomic E-state index is 12.2. The third-order valence-electron chi connectivity index (χ3n) is 7.82. The van der Waals surface area contributed by atoms with Crippen molar-refractivity contribution in [2.75, 3.05) is 26.8 Å². The lowest BCUT2D eigenvalue weighted by Gasteiger charge is -2.41. The van der Waals surface area contributed by atoms with E-state index >= 15 is 0 Å². The van der Waals surface area contributed by atoms with Gasteiger partial charge in [-0.05, 0) is 119 Å². The molecular formula is C38H43Cl2NO5. The van der Waals surface area contributed by atoms with Crippen molar-refractivity contribution in [3.8, 4) is 11.5 Å². The summed E-state index contributed by atoms with van der Waals surface area (Å²) in [5.74, 6) is 0.822. The summed E-state index contributed by atoms with van der Waals surface area (Å²) < 4.78 is 16.8. The van der Waals surface area contributed by atoms with E-state index in [0.29, 0.717) is 27.1 Å². The average Bonchev–Trinajstić information content (AvgIpc) is 3.03. The van der Waals surface area contributed by atoms with Crippen molar-refractivity contribution in [2.24, 2.45) is 0 Å². The predicted molar refractivity (Wildman–Crippen MR) is 185 cm³/mol. The minimum absolute atomic E-state index is 0.0543. The maximum Gasteiger partial charge on any atom is 0.338 e. The van der Waals surface area contributed by atoms with Gasteiger partial charge in [-0.3, -0.25) is 4.90 Å². The smallest absolute Gasteiger partial charge is 0.338 e. The topological polar surface area (TPSA) is 68.2 Å². The molecule has 1 atom stereocenters. The summed E-state index contributed by atoms with van der Waals surface area (Å²) in [5, 5.41) is 11.8. The monoisotopic (exact) mass is 663 g/mol. The molecule has 0 spiro atoms. The lowest BCUT2D eigenvalue weighted by atomic mass is 9.82. The molecular weight excluding hydrogens is 621 g/mol. The second-order valence-electron chi connectivity index (χ2n) is 12.5. The van der Waals surface area contributed by atoms with Crippen LogP contribution in [0.25, 0.3) is 0 Å². The minimum atomic E-state index is -0.828. The van der Waals surface area contributed by atoms with Crippen LogP contribution in [0.2, 0.25) is 10.0 Å². The Morgan fingerprint density at radius 1 is 0.761 bits per heavy atom. The van der Waals surface area contributed by atoms with E-state index in [0.717, 1.165) is 30.5 Å². The van der Waals surface area contributed by atoms with Crippen molar-refractivity contribution >= 4 is 29.2 Å². The zero-order valence-electron chi connectivity index (χ0n) is 27.1. The third kappa shape index (κ3) is 9.49. The van der Waals surface area contributed by atoms with Crippen LogP contribution in [0, 0.1) is 0 Å². The Balaban J connectivity index is 1.25. The van der Waals surface area contributed by atoms with E-state index < -0.39 is 23.2 Å². The Morgan fingerprint density at radius 2 is 1.24 bits per heavy atom. The number of aryl methyl sites for hydroxylation is 1. The van der Waals surface area contributed by atoms with Gasteiger partial charge in [0.15, 0.2) is 0 Å². The van der Waals surface area contributed by atoms with Gasteiger partial charge in [0, 0.05) is 10.0 Å². The van der Waals surface area contributed by atoms with Gasteiger partial charge in [-0.1, -0.05) is 71.7 Å². The summed E-state index contributed by atoms with van der Waals surface area (Å²) >= 11 is 13.4. The number of aliphatic hydroxyl groups is 1. The van der Waals surface area contributed by atoms with Gasteiger partial charge in [-0.15, -0.1) is 0 Å². The van der Waals surface area contributed by atoms with Crippen molar-refractivity contribution in [3.05, 3.63) is 129 Å². The van der Waals surface area contributed by atoms with E-state index in [1.54, 1.807) is 24.3 Å². The minimum Gasteiger partial charge on any atom is -0.491 e. The average molecular weight is 665 g/mol. The summed E-state index contributed by atoms with van der Waals surface area (Å²) in [5.41, 5.74) is 2.58. The number of nitrogens with zero attached hydrogens (tertiary/aromatic N) is 1. The normalized spacial score (nSPS) is 12.5. The van der Waals surface area contributed by atoms with Crippen LogP contribution >= 0.6 is 23.2 Å². The number of aliphatic hydroxyl groups excluding tert-OH is 1. The Bertz CT molecular complexity index is 1520. The number of halogens is 2. The molecule has 0 heterocycles. The van der Waals surface area contributed by atoms with Crippen LogP contribution in [0.3, 0.4) is 0 Å². The summed E-state index contributed by atoms with van der Waals surface area (Å²) in [6.07, 6.45) is 0.983. The molecule has 0 radical (unpaired) electrons. The van der Waals surface area contributed by atoms with Gasteiger partial charge in [0.1, 0.15) is 36.4 Å². The van der Waals surface area contributed by atoms with E-state index in [-0.39, 0.29) is 13.2 Å².